The summed E-state index contributed by atoms with van der Waals surface area (Å²) >= 11 is 0. The molecule has 0 unspecified atom stereocenters. The van der Waals surface area contributed by atoms with Crippen LogP contribution in [0.3, 0.4) is 0 Å². The Hall–Kier alpha value is -2.43. The Balaban J connectivity index is 1.54. The number of imidazole rings is 1. The Bertz CT molecular complexity index is 966. The molecule has 0 spiro atoms. The van der Waals surface area contributed by atoms with E-state index in [1.807, 2.05) is 17.1 Å². The van der Waals surface area contributed by atoms with Crippen molar-refractivity contribution in [3.05, 3.63) is 77.9 Å². The first-order chi connectivity index (χ1) is 13.0. The zero-order valence-electron chi connectivity index (χ0n) is 15.8. The van der Waals surface area contributed by atoms with Crippen molar-refractivity contribution < 1.29 is 9.47 Å². The average molecular weight is 360 g/mol. The first-order valence-electron chi connectivity index (χ1n) is 9.50. The van der Waals surface area contributed by atoms with E-state index in [0.29, 0.717) is 19.8 Å². The van der Waals surface area contributed by atoms with Crippen LogP contribution in [0.4, 0.5) is 0 Å². The molecule has 0 atom stereocenters. The standard InChI is InChI=1S/C23H24N2O2/c1-22(2)14-26-23(27-15-22,13-25-10-9-24-16-25)19-7-8-21-18(12-19)11-17-5-3-4-6-20(17)21/h3-10,12,16H,11,13-15H2,1-2H3. The number of hydrogen-bond acceptors (Lipinski definition) is 3. The molecule has 4 nitrogen and oxygen atoms in total. The van der Waals surface area contributed by atoms with Crippen LogP contribution in [0.2, 0.25) is 0 Å². The second-order valence-electron chi connectivity index (χ2n) is 8.44. The number of benzene rings is 2. The molecule has 2 aliphatic rings. The zero-order valence-corrected chi connectivity index (χ0v) is 15.8. The quantitative estimate of drug-likeness (QED) is 0.544. The van der Waals surface area contributed by atoms with E-state index < -0.39 is 5.79 Å². The second kappa shape index (κ2) is 6.04. The van der Waals surface area contributed by atoms with E-state index in [4.69, 9.17) is 9.47 Å². The van der Waals surface area contributed by atoms with Gasteiger partial charge in [0.25, 0.3) is 0 Å². The average Bonchev–Trinajstić information content (AvgIpc) is 3.30. The lowest BCUT2D eigenvalue weighted by atomic mass is 9.92. The van der Waals surface area contributed by atoms with E-state index in [1.54, 1.807) is 6.20 Å². The fraction of sp³-hybridized carbons (Fsp3) is 0.348. The topological polar surface area (TPSA) is 36.3 Å². The molecule has 0 bridgehead atoms. The molecule has 0 amide bonds. The highest BCUT2D eigenvalue weighted by molar-refractivity contribution is 5.77. The van der Waals surface area contributed by atoms with Crippen LogP contribution in [0, 0.1) is 5.41 Å². The normalized spacial score (nSPS) is 19.5. The lowest BCUT2D eigenvalue weighted by molar-refractivity contribution is -0.314. The van der Waals surface area contributed by atoms with Gasteiger partial charge >= 0.3 is 0 Å². The fourth-order valence-corrected chi connectivity index (χ4v) is 4.06. The molecule has 0 N–H and O–H groups in total. The summed E-state index contributed by atoms with van der Waals surface area (Å²) in [6.07, 6.45) is 6.53. The Labute approximate surface area is 159 Å². The van der Waals surface area contributed by atoms with Crippen molar-refractivity contribution in [2.45, 2.75) is 32.6 Å². The number of rotatable bonds is 3. The van der Waals surface area contributed by atoms with Gasteiger partial charge in [-0.25, -0.2) is 4.98 Å². The summed E-state index contributed by atoms with van der Waals surface area (Å²) < 4.78 is 14.8. The number of fused-ring (bicyclic) bond motifs is 3. The SMILES string of the molecule is CC1(C)COC(Cn2ccnc2)(c2ccc3c(c2)Cc2ccccc2-3)OC1. The first-order valence-corrected chi connectivity index (χ1v) is 9.50. The summed E-state index contributed by atoms with van der Waals surface area (Å²) in [5, 5.41) is 0. The number of hydrogen-bond donors (Lipinski definition) is 0. The van der Waals surface area contributed by atoms with E-state index in [1.165, 1.54) is 22.3 Å². The van der Waals surface area contributed by atoms with E-state index in [0.717, 1.165) is 12.0 Å². The number of ether oxygens (including phenoxy) is 2. The molecular formula is C23H24N2O2. The molecule has 1 aliphatic heterocycles. The summed E-state index contributed by atoms with van der Waals surface area (Å²) in [4.78, 5) is 4.18. The highest BCUT2D eigenvalue weighted by atomic mass is 16.7. The molecule has 2 aromatic carbocycles. The van der Waals surface area contributed by atoms with Gasteiger partial charge in [0.15, 0.2) is 0 Å². The minimum atomic E-state index is -0.778. The van der Waals surface area contributed by atoms with Crippen LogP contribution in [0.1, 0.15) is 30.5 Å². The highest BCUT2D eigenvalue weighted by Gasteiger charge is 2.43. The molecule has 2 heterocycles. The Morgan fingerprint density at radius 1 is 1.00 bits per heavy atom. The summed E-state index contributed by atoms with van der Waals surface area (Å²) in [6.45, 7) is 6.27. The van der Waals surface area contributed by atoms with Crippen LogP contribution < -0.4 is 0 Å². The van der Waals surface area contributed by atoms with Gasteiger partial charge in [-0.1, -0.05) is 50.2 Å². The smallest absolute Gasteiger partial charge is 0.213 e. The molecule has 1 aromatic heterocycles. The van der Waals surface area contributed by atoms with E-state index >= 15 is 0 Å². The van der Waals surface area contributed by atoms with Crippen LogP contribution in [-0.2, 0) is 28.2 Å². The maximum absolute atomic E-state index is 6.41. The van der Waals surface area contributed by atoms with Gasteiger partial charge in [-0.2, -0.15) is 0 Å². The Morgan fingerprint density at radius 2 is 1.78 bits per heavy atom. The molecule has 27 heavy (non-hydrogen) atoms. The summed E-state index contributed by atoms with van der Waals surface area (Å²) in [5.41, 5.74) is 6.50. The predicted octanol–water partition coefficient (Wildman–Crippen LogP) is 4.38. The maximum atomic E-state index is 6.41. The minimum absolute atomic E-state index is 0.0192. The van der Waals surface area contributed by atoms with Gasteiger partial charge in [0.05, 0.1) is 26.1 Å². The largest absolute Gasteiger partial charge is 0.344 e. The molecule has 5 rings (SSSR count). The van der Waals surface area contributed by atoms with Crippen molar-refractivity contribution in [2.75, 3.05) is 13.2 Å². The summed E-state index contributed by atoms with van der Waals surface area (Å²) in [7, 11) is 0. The third kappa shape index (κ3) is 2.89. The molecule has 1 saturated heterocycles. The van der Waals surface area contributed by atoms with Crippen LogP contribution in [-0.4, -0.2) is 22.8 Å². The van der Waals surface area contributed by atoms with Crippen molar-refractivity contribution in [1.82, 2.24) is 9.55 Å². The molecule has 4 heteroatoms. The van der Waals surface area contributed by atoms with E-state index in [2.05, 4.69) is 61.3 Å². The van der Waals surface area contributed by atoms with Crippen LogP contribution in [0.25, 0.3) is 11.1 Å². The van der Waals surface area contributed by atoms with Crippen molar-refractivity contribution in [3.63, 3.8) is 0 Å². The van der Waals surface area contributed by atoms with Gasteiger partial charge in [-0.15, -0.1) is 0 Å². The predicted molar refractivity (Wildman–Crippen MR) is 104 cm³/mol. The summed E-state index contributed by atoms with van der Waals surface area (Å²) in [6, 6.07) is 15.3. The van der Waals surface area contributed by atoms with E-state index in [-0.39, 0.29) is 5.41 Å². The number of nitrogens with zero attached hydrogens (tertiary/aromatic N) is 2. The Kier molecular flexibility index (Phi) is 3.74. The molecule has 0 radical (unpaired) electrons. The lowest BCUT2D eigenvalue weighted by Gasteiger charge is -2.44. The third-order valence-corrected chi connectivity index (χ3v) is 5.58. The van der Waals surface area contributed by atoms with Crippen molar-refractivity contribution in [3.8, 4) is 11.1 Å². The molecule has 1 fully saturated rings. The van der Waals surface area contributed by atoms with Gasteiger partial charge in [0.1, 0.15) is 0 Å². The molecule has 0 saturated carbocycles. The molecule has 3 aromatic rings. The van der Waals surface area contributed by atoms with Gasteiger partial charge in [0.2, 0.25) is 5.79 Å². The third-order valence-electron chi connectivity index (χ3n) is 5.58. The van der Waals surface area contributed by atoms with Crippen molar-refractivity contribution in [1.29, 1.82) is 0 Å². The second-order valence-corrected chi connectivity index (χ2v) is 8.44. The van der Waals surface area contributed by atoms with Gasteiger partial charge in [-0.05, 0) is 34.7 Å². The fourth-order valence-electron chi connectivity index (χ4n) is 4.06. The monoisotopic (exact) mass is 360 g/mol. The number of aromatic nitrogens is 2. The zero-order chi connectivity index (χ0) is 18.5. The van der Waals surface area contributed by atoms with Gasteiger partial charge < -0.3 is 14.0 Å². The first kappa shape index (κ1) is 16.7. The van der Waals surface area contributed by atoms with Crippen LogP contribution in [0.5, 0.6) is 0 Å². The highest BCUT2D eigenvalue weighted by Crippen LogP contribution is 2.42. The van der Waals surface area contributed by atoms with Crippen molar-refractivity contribution in [2.24, 2.45) is 5.41 Å². The lowest BCUT2D eigenvalue weighted by Crippen LogP contribution is -2.47. The van der Waals surface area contributed by atoms with Crippen LogP contribution >= 0.6 is 0 Å². The minimum Gasteiger partial charge on any atom is -0.344 e. The molecule has 1 aliphatic carbocycles. The Morgan fingerprint density at radius 3 is 2.56 bits per heavy atom. The molecular weight excluding hydrogens is 336 g/mol. The van der Waals surface area contributed by atoms with E-state index in [9.17, 15) is 0 Å². The summed E-state index contributed by atoms with van der Waals surface area (Å²) in [5.74, 6) is -0.778. The van der Waals surface area contributed by atoms with Gasteiger partial charge in [0, 0.05) is 23.4 Å². The van der Waals surface area contributed by atoms with Crippen LogP contribution in [0.15, 0.2) is 61.2 Å². The maximum Gasteiger partial charge on any atom is 0.213 e. The molecule has 138 valence electrons. The van der Waals surface area contributed by atoms with Gasteiger partial charge in [-0.3, -0.25) is 0 Å². The van der Waals surface area contributed by atoms with Crippen molar-refractivity contribution >= 4 is 0 Å².